The van der Waals surface area contributed by atoms with E-state index in [0.29, 0.717) is 17.0 Å². The summed E-state index contributed by atoms with van der Waals surface area (Å²) in [4.78, 5) is 12.1. The van der Waals surface area contributed by atoms with Crippen molar-refractivity contribution in [3.8, 4) is 6.07 Å². The number of rotatable bonds is 4. The summed E-state index contributed by atoms with van der Waals surface area (Å²) in [6.07, 6.45) is 1.09. The first-order valence-electron chi connectivity index (χ1n) is 7.05. The summed E-state index contributed by atoms with van der Waals surface area (Å²) in [7, 11) is 0. The fourth-order valence-electron chi connectivity index (χ4n) is 2.03. The van der Waals surface area contributed by atoms with Gasteiger partial charge in [0.1, 0.15) is 0 Å². The molecule has 0 aliphatic rings. The Balaban J connectivity index is 2.07. The van der Waals surface area contributed by atoms with E-state index in [9.17, 15) is 4.79 Å². The van der Waals surface area contributed by atoms with Crippen LogP contribution in [0, 0.1) is 11.3 Å². The van der Waals surface area contributed by atoms with Gasteiger partial charge in [-0.25, -0.2) is 0 Å². The van der Waals surface area contributed by atoms with Crippen molar-refractivity contribution in [2.45, 2.75) is 26.2 Å². The van der Waals surface area contributed by atoms with Crippen LogP contribution >= 0.6 is 0 Å². The number of nitrogens with zero attached hydrogens (tertiary/aromatic N) is 1. The molecule has 0 aliphatic heterocycles. The van der Waals surface area contributed by atoms with Gasteiger partial charge in [0.05, 0.1) is 11.6 Å². The maximum absolute atomic E-state index is 12.1. The van der Waals surface area contributed by atoms with E-state index in [4.69, 9.17) is 5.26 Å². The highest BCUT2D eigenvalue weighted by molar-refractivity contribution is 6.04. The lowest BCUT2D eigenvalue weighted by Gasteiger charge is -2.10. The summed E-state index contributed by atoms with van der Waals surface area (Å²) >= 11 is 0. The fourth-order valence-corrected chi connectivity index (χ4v) is 2.03. The number of nitriles is 1. The minimum absolute atomic E-state index is 0.171. The van der Waals surface area contributed by atoms with Crippen LogP contribution in [-0.4, -0.2) is 5.91 Å². The van der Waals surface area contributed by atoms with Crippen molar-refractivity contribution in [3.63, 3.8) is 0 Å². The van der Waals surface area contributed by atoms with Crippen molar-refractivity contribution >= 4 is 11.6 Å². The lowest BCUT2D eigenvalue weighted by Crippen LogP contribution is -2.11. The molecule has 0 heterocycles. The van der Waals surface area contributed by atoms with E-state index >= 15 is 0 Å². The molecule has 0 radical (unpaired) electrons. The van der Waals surface area contributed by atoms with Gasteiger partial charge in [-0.3, -0.25) is 4.79 Å². The van der Waals surface area contributed by atoms with E-state index in [2.05, 4.69) is 19.2 Å². The monoisotopic (exact) mass is 278 g/mol. The lowest BCUT2D eigenvalue weighted by atomic mass is 9.98. The van der Waals surface area contributed by atoms with E-state index < -0.39 is 0 Å². The second-order valence-electron chi connectivity index (χ2n) is 5.07. The fraction of sp³-hybridized carbons (Fsp3) is 0.222. The Morgan fingerprint density at radius 1 is 1.14 bits per heavy atom. The van der Waals surface area contributed by atoms with Crippen molar-refractivity contribution in [2.24, 2.45) is 0 Å². The molecule has 0 aromatic heterocycles. The highest BCUT2D eigenvalue weighted by Gasteiger charge is 2.07. The molecule has 21 heavy (non-hydrogen) atoms. The summed E-state index contributed by atoms with van der Waals surface area (Å²) in [5.74, 6) is 0.351. The zero-order valence-electron chi connectivity index (χ0n) is 12.3. The van der Waals surface area contributed by atoms with Crippen molar-refractivity contribution in [1.29, 1.82) is 5.26 Å². The molecule has 3 nitrogen and oxygen atoms in total. The number of carbonyl (C=O) groups excluding carboxylic acids is 1. The molecule has 1 N–H and O–H groups in total. The van der Waals surface area contributed by atoms with Gasteiger partial charge in [0.2, 0.25) is 0 Å². The molecule has 2 aromatic rings. The molecule has 106 valence electrons. The predicted octanol–water partition coefficient (Wildman–Crippen LogP) is 4.32. The smallest absolute Gasteiger partial charge is 0.255 e. The Kier molecular flexibility index (Phi) is 4.73. The average Bonchev–Trinajstić information content (AvgIpc) is 2.55. The number of carbonyl (C=O) groups is 1. The highest BCUT2D eigenvalue weighted by atomic mass is 16.1. The van der Waals surface area contributed by atoms with Gasteiger partial charge in [-0.05, 0) is 54.3 Å². The van der Waals surface area contributed by atoms with Gasteiger partial charge in [-0.15, -0.1) is 0 Å². The van der Waals surface area contributed by atoms with Gasteiger partial charge in [0, 0.05) is 11.3 Å². The molecule has 0 fully saturated rings. The second-order valence-corrected chi connectivity index (χ2v) is 5.07. The van der Waals surface area contributed by atoms with E-state index in [-0.39, 0.29) is 5.91 Å². The number of hydrogen-bond donors (Lipinski definition) is 1. The summed E-state index contributed by atoms with van der Waals surface area (Å²) in [6, 6.07) is 16.5. The zero-order valence-corrected chi connectivity index (χ0v) is 12.3. The van der Waals surface area contributed by atoms with Crippen LogP contribution in [0.15, 0.2) is 48.5 Å². The minimum atomic E-state index is -0.171. The Morgan fingerprint density at radius 3 is 2.29 bits per heavy atom. The Bertz CT molecular complexity index is 651. The molecule has 3 heteroatoms. The molecule has 0 bridgehead atoms. The van der Waals surface area contributed by atoms with E-state index in [0.717, 1.165) is 12.1 Å². The number of nitrogens with one attached hydrogen (secondary N) is 1. The molecule has 2 aromatic carbocycles. The molecule has 2 rings (SSSR count). The van der Waals surface area contributed by atoms with Crippen molar-refractivity contribution in [2.75, 3.05) is 5.32 Å². The first-order valence-corrected chi connectivity index (χ1v) is 7.05. The van der Waals surface area contributed by atoms with Gasteiger partial charge in [-0.2, -0.15) is 5.26 Å². The normalized spacial score (nSPS) is 11.5. The van der Waals surface area contributed by atoms with Crippen LogP contribution in [0.25, 0.3) is 0 Å². The van der Waals surface area contributed by atoms with E-state index in [1.54, 1.807) is 24.3 Å². The van der Waals surface area contributed by atoms with Crippen LogP contribution in [0.3, 0.4) is 0 Å². The maximum atomic E-state index is 12.1. The summed E-state index contributed by atoms with van der Waals surface area (Å²) in [5.41, 5.74) is 3.13. The number of hydrogen-bond acceptors (Lipinski definition) is 2. The topological polar surface area (TPSA) is 52.9 Å². The van der Waals surface area contributed by atoms with Crippen LogP contribution in [0.1, 0.15) is 47.7 Å². The van der Waals surface area contributed by atoms with Crippen molar-refractivity contribution < 1.29 is 4.79 Å². The molecular formula is C18H18N2O. The second kappa shape index (κ2) is 6.71. The van der Waals surface area contributed by atoms with E-state index in [1.807, 2.05) is 30.3 Å². The van der Waals surface area contributed by atoms with Gasteiger partial charge < -0.3 is 5.32 Å². The van der Waals surface area contributed by atoms with Gasteiger partial charge in [0.25, 0.3) is 5.91 Å². The minimum Gasteiger partial charge on any atom is -0.322 e. The molecule has 0 saturated heterocycles. The quantitative estimate of drug-likeness (QED) is 0.905. The van der Waals surface area contributed by atoms with E-state index in [1.165, 1.54) is 5.56 Å². The first kappa shape index (κ1) is 14.8. The van der Waals surface area contributed by atoms with Crippen molar-refractivity contribution in [3.05, 3.63) is 65.2 Å². The summed E-state index contributed by atoms with van der Waals surface area (Å²) in [6.45, 7) is 4.34. The Morgan fingerprint density at radius 2 is 1.76 bits per heavy atom. The zero-order chi connectivity index (χ0) is 15.2. The number of anilines is 1. The number of amides is 1. The van der Waals surface area contributed by atoms with Gasteiger partial charge in [-0.1, -0.05) is 26.0 Å². The Hall–Kier alpha value is -2.60. The summed E-state index contributed by atoms with van der Waals surface area (Å²) < 4.78 is 0. The SMILES string of the molecule is CCC(C)c1ccc(NC(=O)c2ccc(C#N)cc2)cc1. The lowest BCUT2D eigenvalue weighted by molar-refractivity contribution is 0.102. The molecule has 0 saturated carbocycles. The van der Waals surface area contributed by atoms with Gasteiger partial charge >= 0.3 is 0 Å². The molecule has 1 unspecified atom stereocenters. The molecular weight excluding hydrogens is 260 g/mol. The van der Waals surface area contributed by atoms with Gasteiger partial charge in [0.15, 0.2) is 0 Å². The molecule has 1 atom stereocenters. The number of benzene rings is 2. The predicted molar refractivity (Wildman–Crippen MR) is 84.3 cm³/mol. The summed E-state index contributed by atoms with van der Waals surface area (Å²) in [5, 5.41) is 11.6. The van der Waals surface area contributed by atoms with Crippen LogP contribution < -0.4 is 5.32 Å². The average molecular weight is 278 g/mol. The molecule has 0 aliphatic carbocycles. The Labute approximate surface area is 125 Å². The highest BCUT2D eigenvalue weighted by Crippen LogP contribution is 2.20. The first-order chi connectivity index (χ1) is 10.1. The largest absolute Gasteiger partial charge is 0.322 e. The van der Waals surface area contributed by atoms with Crippen LogP contribution in [0.2, 0.25) is 0 Å². The van der Waals surface area contributed by atoms with Crippen molar-refractivity contribution in [1.82, 2.24) is 0 Å². The molecule has 1 amide bonds. The third kappa shape index (κ3) is 3.70. The molecule has 0 spiro atoms. The standard InChI is InChI=1S/C18H18N2O/c1-3-13(2)15-8-10-17(11-9-15)20-18(21)16-6-4-14(12-19)5-7-16/h4-11,13H,3H2,1-2H3,(H,20,21). The maximum Gasteiger partial charge on any atom is 0.255 e. The van der Waals surface area contributed by atoms with Crippen LogP contribution in [0.4, 0.5) is 5.69 Å². The van der Waals surface area contributed by atoms with Crippen LogP contribution in [-0.2, 0) is 0 Å². The third-order valence-corrected chi connectivity index (χ3v) is 3.63. The third-order valence-electron chi connectivity index (χ3n) is 3.63. The van der Waals surface area contributed by atoms with Crippen LogP contribution in [0.5, 0.6) is 0 Å².